The van der Waals surface area contributed by atoms with Gasteiger partial charge in [-0.3, -0.25) is 4.79 Å². The van der Waals surface area contributed by atoms with Crippen LogP contribution in [0.1, 0.15) is 0 Å². The van der Waals surface area contributed by atoms with Gasteiger partial charge in [-0.05, 0) is 3.93 Å². The van der Waals surface area contributed by atoms with Crippen molar-refractivity contribution in [1.29, 1.82) is 0 Å². The number of hydrogen-bond donors (Lipinski definition) is 1. The van der Waals surface area contributed by atoms with Gasteiger partial charge in [0.05, 0.1) is 6.54 Å². The highest BCUT2D eigenvalue weighted by atomic mass is 127. The molecule has 0 aromatic heterocycles. The molecule has 0 fully saturated rings. The maximum absolute atomic E-state index is 10.3. The summed E-state index contributed by atoms with van der Waals surface area (Å²) < 4.78 is 7.04. The molecular formula is C5H6INO2. The molecule has 0 aliphatic rings. The topological polar surface area (TPSA) is 52.3 Å². The molecular weight excluding hydrogens is 233 g/mol. The number of nitrogens with two attached hydrogens (primary N) is 1. The van der Waals surface area contributed by atoms with Crippen LogP contribution in [0.3, 0.4) is 0 Å². The van der Waals surface area contributed by atoms with Crippen molar-refractivity contribution in [1.82, 2.24) is 0 Å². The Morgan fingerprint density at radius 2 is 2.44 bits per heavy atom. The van der Waals surface area contributed by atoms with E-state index in [-0.39, 0.29) is 13.2 Å². The minimum Gasteiger partial charge on any atom is -0.452 e. The largest absolute Gasteiger partial charge is 0.452 e. The van der Waals surface area contributed by atoms with Crippen LogP contribution in [0.4, 0.5) is 0 Å². The summed E-state index contributed by atoms with van der Waals surface area (Å²) in [5, 5.41) is 0. The highest BCUT2D eigenvalue weighted by molar-refractivity contribution is 14.1. The number of carbonyl (C=O) groups excluding carboxylic acids is 1. The Bertz CT molecular complexity index is 147. The predicted octanol–water partition coefficient (Wildman–Crippen LogP) is -0.116. The fourth-order valence-corrected chi connectivity index (χ4v) is 0.358. The van der Waals surface area contributed by atoms with Crippen molar-refractivity contribution in [3.05, 3.63) is 0 Å². The summed E-state index contributed by atoms with van der Waals surface area (Å²) >= 11 is 1.86. The summed E-state index contributed by atoms with van der Waals surface area (Å²) in [7, 11) is 0. The van der Waals surface area contributed by atoms with Crippen LogP contribution in [-0.4, -0.2) is 19.1 Å². The van der Waals surface area contributed by atoms with Crippen molar-refractivity contribution in [2.24, 2.45) is 5.73 Å². The number of ether oxygens (including phenoxy) is 1. The number of rotatable bonds is 2. The summed E-state index contributed by atoms with van der Waals surface area (Å²) in [6.07, 6.45) is 0. The van der Waals surface area contributed by atoms with Crippen LogP contribution in [0.15, 0.2) is 0 Å². The molecule has 0 atom stereocenters. The molecule has 0 heterocycles. The van der Waals surface area contributed by atoms with E-state index in [1.165, 1.54) is 0 Å². The van der Waals surface area contributed by atoms with Gasteiger partial charge in [0, 0.05) is 22.6 Å². The number of halogens is 1. The molecule has 3 nitrogen and oxygen atoms in total. The third-order valence-corrected chi connectivity index (χ3v) is 0.920. The summed E-state index contributed by atoms with van der Waals surface area (Å²) in [5.41, 5.74) is 4.93. The lowest BCUT2D eigenvalue weighted by Gasteiger charge is -1.93. The van der Waals surface area contributed by atoms with E-state index in [1.807, 2.05) is 22.6 Å². The van der Waals surface area contributed by atoms with Crippen molar-refractivity contribution < 1.29 is 9.53 Å². The molecule has 9 heavy (non-hydrogen) atoms. The van der Waals surface area contributed by atoms with Crippen molar-refractivity contribution in [3.63, 3.8) is 0 Å². The maximum Gasteiger partial charge on any atom is 0.320 e. The Labute approximate surface area is 67.1 Å². The van der Waals surface area contributed by atoms with Crippen molar-refractivity contribution in [3.8, 4) is 9.85 Å². The van der Waals surface area contributed by atoms with Crippen LogP contribution in [0, 0.1) is 9.85 Å². The van der Waals surface area contributed by atoms with E-state index in [9.17, 15) is 4.79 Å². The van der Waals surface area contributed by atoms with Crippen molar-refractivity contribution in [2.75, 3.05) is 13.2 Å². The second-order valence-corrected chi connectivity index (χ2v) is 1.68. The summed E-state index contributed by atoms with van der Waals surface area (Å²) in [4.78, 5) is 10.3. The average molecular weight is 239 g/mol. The quantitative estimate of drug-likeness (QED) is 0.415. The number of hydrogen-bond acceptors (Lipinski definition) is 3. The normalized spacial score (nSPS) is 7.33. The first-order valence-electron chi connectivity index (χ1n) is 2.25. The lowest BCUT2D eigenvalue weighted by atomic mass is 10.7. The standard InChI is InChI=1S/C5H6INO2/c6-2-1-3-9-5(8)4-7/h3-4,7H2. The second kappa shape index (κ2) is 5.85. The van der Waals surface area contributed by atoms with Crippen molar-refractivity contribution >= 4 is 28.6 Å². The van der Waals surface area contributed by atoms with Crippen LogP contribution < -0.4 is 5.73 Å². The monoisotopic (exact) mass is 239 g/mol. The molecule has 0 aromatic carbocycles. The van der Waals surface area contributed by atoms with E-state index in [4.69, 9.17) is 5.73 Å². The zero-order valence-electron chi connectivity index (χ0n) is 4.69. The summed E-state index contributed by atoms with van der Waals surface area (Å²) in [5.74, 6) is 2.13. The molecule has 50 valence electrons. The fourth-order valence-electron chi connectivity index (χ4n) is 0.203. The minimum atomic E-state index is -0.422. The van der Waals surface area contributed by atoms with E-state index < -0.39 is 5.97 Å². The first-order valence-corrected chi connectivity index (χ1v) is 3.33. The molecule has 0 saturated heterocycles. The molecule has 2 N–H and O–H groups in total. The lowest BCUT2D eigenvalue weighted by molar-refractivity contribution is -0.140. The van der Waals surface area contributed by atoms with Crippen LogP contribution in [0.2, 0.25) is 0 Å². The summed E-state index contributed by atoms with van der Waals surface area (Å²) in [6.45, 7) is 0.0574. The van der Waals surface area contributed by atoms with Crippen LogP contribution in [0.5, 0.6) is 0 Å². The molecule has 4 heteroatoms. The first kappa shape index (κ1) is 8.72. The molecule has 0 spiro atoms. The molecule has 0 amide bonds. The van der Waals surface area contributed by atoms with E-state index >= 15 is 0 Å². The maximum atomic E-state index is 10.3. The van der Waals surface area contributed by atoms with E-state index in [2.05, 4.69) is 14.6 Å². The molecule has 0 aromatic rings. The van der Waals surface area contributed by atoms with E-state index in [0.717, 1.165) is 0 Å². The Kier molecular flexibility index (Phi) is 5.67. The Morgan fingerprint density at radius 3 is 2.89 bits per heavy atom. The zero-order chi connectivity index (χ0) is 7.11. The Balaban J connectivity index is 3.24. The van der Waals surface area contributed by atoms with Gasteiger partial charge in [-0.1, -0.05) is 5.92 Å². The molecule has 0 unspecified atom stereocenters. The third kappa shape index (κ3) is 5.59. The number of esters is 1. The molecule has 0 radical (unpaired) electrons. The molecule has 0 bridgehead atoms. The van der Waals surface area contributed by atoms with Gasteiger partial charge in [0.25, 0.3) is 0 Å². The Hall–Kier alpha value is -0.280. The highest BCUT2D eigenvalue weighted by Crippen LogP contribution is 1.75. The lowest BCUT2D eigenvalue weighted by Crippen LogP contribution is -2.16. The van der Waals surface area contributed by atoms with Gasteiger partial charge in [-0.25, -0.2) is 0 Å². The average Bonchev–Trinajstić information content (AvgIpc) is 1.89. The summed E-state index contributed by atoms with van der Waals surface area (Å²) in [6, 6.07) is 0. The van der Waals surface area contributed by atoms with E-state index in [0.29, 0.717) is 0 Å². The van der Waals surface area contributed by atoms with Gasteiger partial charge in [-0.15, -0.1) is 0 Å². The van der Waals surface area contributed by atoms with Gasteiger partial charge < -0.3 is 10.5 Å². The third-order valence-electron chi connectivity index (χ3n) is 0.539. The van der Waals surface area contributed by atoms with Crippen LogP contribution in [-0.2, 0) is 9.53 Å². The highest BCUT2D eigenvalue weighted by Gasteiger charge is 1.93. The van der Waals surface area contributed by atoms with Gasteiger partial charge in [0.2, 0.25) is 0 Å². The van der Waals surface area contributed by atoms with Crippen LogP contribution in [0.25, 0.3) is 0 Å². The van der Waals surface area contributed by atoms with Gasteiger partial charge in [-0.2, -0.15) is 0 Å². The van der Waals surface area contributed by atoms with Gasteiger partial charge >= 0.3 is 5.97 Å². The molecule has 0 aliphatic heterocycles. The minimum absolute atomic E-state index is 0.0804. The van der Waals surface area contributed by atoms with Gasteiger partial charge in [0.15, 0.2) is 6.61 Å². The fraction of sp³-hybridized carbons (Fsp3) is 0.400. The van der Waals surface area contributed by atoms with E-state index in [1.54, 1.807) is 0 Å². The number of carbonyl (C=O) groups is 1. The second-order valence-electron chi connectivity index (χ2n) is 1.14. The smallest absolute Gasteiger partial charge is 0.320 e. The predicted molar refractivity (Wildman–Crippen MR) is 41.8 cm³/mol. The van der Waals surface area contributed by atoms with Crippen LogP contribution >= 0.6 is 22.6 Å². The molecule has 0 saturated carbocycles. The first-order chi connectivity index (χ1) is 4.31. The Morgan fingerprint density at radius 1 is 1.78 bits per heavy atom. The molecule has 0 aliphatic carbocycles. The SMILES string of the molecule is NCC(=O)OCC#CI. The van der Waals surface area contributed by atoms with Crippen molar-refractivity contribution in [2.45, 2.75) is 0 Å². The molecule has 0 rings (SSSR count). The zero-order valence-corrected chi connectivity index (χ0v) is 6.84. The van der Waals surface area contributed by atoms with Gasteiger partial charge in [0.1, 0.15) is 0 Å².